The van der Waals surface area contributed by atoms with Gasteiger partial charge in [-0.2, -0.15) is 0 Å². The van der Waals surface area contributed by atoms with Gasteiger partial charge in [0.25, 0.3) is 0 Å². The molecule has 0 amide bonds. The summed E-state index contributed by atoms with van der Waals surface area (Å²) in [6.45, 7) is 10.9. The zero-order chi connectivity index (χ0) is 10.9. The molecule has 1 heterocycles. The van der Waals surface area contributed by atoms with Gasteiger partial charge in [0.1, 0.15) is 0 Å². The molecule has 90 valence electrons. The van der Waals surface area contributed by atoms with Crippen molar-refractivity contribution in [3.63, 3.8) is 0 Å². The van der Waals surface area contributed by atoms with Gasteiger partial charge in [-0.05, 0) is 70.7 Å². The molecule has 0 saturated carbocycles. The van der Waals surface area contributed by atoms with Gasteiger partial charge in [0.2, 0.25) is 0 Å². The minimum Gasteiger partial charge on any atom is -0.317 e. The molecule has 2 nitrogen and oxygen atoms in total. The van der Waals surface area contributed by atoms with Crippen molar-refractivity contribution in [1.82, 2.24) is 10.2 Å². The number of piperidine rings is 1. The van der Waals surface area contributed by atoms with E-state index in [9.17, 15) is 0 Å². The number of hydrogen-bond acceptors (Lipinski definition) is 2. The second kappa shape index (κ2) is 8.12. The molecule has 0 radical (unpaired) electrons. The molecule has 1 rings (SSSR count). The predicted molar refractivity (Wildman–Crippen MR) is 67.2 cm³/mol. The Morgan fingerprint density at radius 3 is 2.47 bits per heavy atom. The van der Waals surface area contributed by atoms with Gasteiger partial charge in [0.15, 0.2) is 0 Å². The molecule has 1 aliphatic heterocycles. The molecule has 0 aromatic heterocycles. The molecule has 0 atom stereocenters. The Morgan fingerprint density at radius 2 is 1.87 bits per heavy atom. The monoisotopic (exact) mass is 212 g/mol. The predicted octanol–water partition coefficient (Wildman–Crippen LogP) is 2.50. The summed E-state index contributed by atoms with van der Waals surface area (Å²) in [6, 6.07) is 0. The maximum atomic E-state index is 3.43. The summed E-state index contributed by atoms with van der Waals surface area (Å²) in [5.41, 5.74) is 0. The Labute approximate surface area is 95.4 Å². The molecule has 2 heteroatoms. The van der Waals surface area contributed by atoms with E-state index in [-0.39, 0.29) is 0 Å². The molecular weight excluding hydrogens is 184 g/mol. The lowest BCUT2D eigenvalue weighted by atomic mass is 9.93. The van der Waals surface area contributed by atoms with E-state index in [1.165, 1.54) is 64.8 Å². The van der Waals surface area contributed by atoms with Crippen molar-refractivity contribution in [3.8, 4) is 0 Å². The summed E-state index contributed by atoms with van der Waals surface area (Å²) in [7, 11) is 0. The standard InChI is InChI=1S/C13H28N2/c1-3-11-15(4-2)12-5-6-13-7-9-14-10-8-13/h13-14H,3-12H2,1-2H3. The molecule has 15 heavy (non-hydrogen) atoms. The molecule has 0 unspecified atom stereocenters. The molecule has 0 aromatic carbocycles. The van der Waals surface area contributed by atoms with E-state index < -0.39 is 0 Å². The average Bonchev–Trinajstić information content (AvgIpc) is 2.29. The quantitative estimate of drug-likeness (QED) is 0.697. The Balaban J connectivity index is 2.03. The zero-order valence-corrected chi connectivity index (χ0v) is 10.6. The van der Waals surface area contributed by atoms with Gasteiger partial charge < -0.3 is 10.2 Å². The van der Waals surface area contributed by atoms with Crippen LogP contribution in [0.5, 0.6) is 0 Å². The van der Waals surface area contributed by atoms with E-state index in [0.29, 0.717) is 0 Å². The van der Waals surface area contributed by atoms with Crippen LogP contribution in [-0.4, -0.2) is 37.6 Å². The largest absolute Gasteiger partial charge is 0.317 e. The fourth-order valence-corrected chi connectivity index (χ4v) is 2.52. The van der Waals surface area contributed by atoms with Gasteiger partial charge >= 0.3 is 0 Å². The minimum atomic E-state index is 1.01. The number of nitrogens with one attached hydrogen (secondary N) is 1. The van der Waals surface area contributed by atoms with E-state index in [1.54, 1.807) is 0 Å². The highest BCUT2D eigenvalue weighted by Crippen LogP contribution is 2.17. The van der Waals surface area contributed by atoms with Crippen LogP contribution in [0.2, 0.25) is 0 Å². The van der Waals surface area contributed by atoms with Gasteiger partial charge in [-0.15, -0.1) is 0 Å². The second-order valence-electron chi connectivity index (χ2n) is 4.77. The number of rotatable bonds is 7. The van der Waals surface area contributed by atoms with E-state index in [4.69, 9.17) is 0 Å². The third-order valence-electron chi connectivity index (χ3n) is 3.53. The van der Waals surface area contributed by atoms with Crippen molar-refractivity contribution >= 4 is 0 Å². The maximum Gasteiger partial charge on any atom is -0.00188 e. The Morgan fingerprint density at radius 1 is 1.13 bits per heavy atom. The third kappa shape index (κ3) is 5.53. The van der Waals surface area contributed by atoms with E-state index in [2.05, 4.69) is 24.1 Å². The molecule has 1 N–H and O–H groups in total. The average molecular weight is 212 g/mol. The molecule has 1 aliphatic rings. The Bertz CT molecular complexity index is 137. The fourth-order valence-electron chi connectivity index (χ4n) is 2.52. The van der Waals surface area contributed by atoms with Gasteiger partial charge in [-0.1, -0.05) is 13.8 Å². The summed E-state index contributed by atoms with van der Waals surface area (Å²) in [4.78, 5) is 2.58. The van der Waals surface area contributed by atoms with Crippen LogP contribution in [0.3, 0.4) is 0 Å². The SMILES string of the molecule is CCCN(CC)CCCC1CCNCC1. The van der Waals surface area contributed by atoms with Gasteiger partial charge in [0.05, 0.1) is 0 Å². The van der Waals surface area contributed by atoms with Crippen molar-refractivity contribution in [1.29, 1.82) is 0 Å². The number of hydrogen-bond donors (Lipinski definition) is 1. The lowest BCUT2D eigenvalue weighted by molar-refractivity contribution is 0.262. The fraction of sp³-hybridized carbons (Fsp3) is 1.00. The Hall–Kier alpha value is -0.0800. The first-order valence-corrected chi connectivity index (χ1v) is 6.79. The zero-order valence-electron chi connectivity index (χ0n) is 10.6. The lowest BCUT2D eigenvalue weighted by Crippen LogP contribution is -2.29. The summed E-state index contributed by atoms with van der Waals surface area (Å²) in [5.74, 6) is 1.01. The third-order valence-corrected chi connectivity index (χ3v) is 3.53. The highest BCUT2D eigenvalue weighted by atomic mass is 15.1. The van der Waals surface area contributed by atoms with E-state index in [1.807, 2.05) is 0 Å². The van der Waals surface area contributed by atoms with Crippen LogP contribution < -0.4 is 5.32 Å². The van der Waals surface area contributed by atoms with Crippen LogP contribution in [0, 0.1) is 5.92 Å². The molecule has 0 spiro atoms. The van der Waals surface area contributed by atoms with Crippen LogP contribution in [0.15, 0.2) is 0 Å². The van der Waals surface area contributed by atoms with Crippen LogP contribution in [0.4, 0.5) is 0 Å². The van der Waals surface area contributed by atoms with Crippen LogP contribution in [-0.2, 0) is 0 Å². The van der Waals surface area contributed by atoms with Crippen molar-refractivity contribution in [2.24, 2.45) is 5.92 Å². The van der Waals surface area contributed by atoms with Crippen molar-refractivity contribution in [2.45, 2.75) is 46.0 Å². The summed E-state index contributed by atoms with van der Waals surface area (Å²) < 4.78 is 0. The van der Waals surface area contributed by atoms with Crippen molar-refractivity contribution < 1.29 is 0 Å². The first-order valence-electron chi connectivity index (χ1n) is 6.79. The molecule has 0 aliphatic carbocycles. The molecular formula is C13H28N2. The first-order chi connectivity index (χ1) is 7.36. The van der Waals surface area contributed by atoms with Crippen molar-refractivity contribution in [2.75, 3.05) is 32.7 Å². The summed E-state index contributed by atoms with van der Waals surface area (Å²) in [6.07, 6.45) is 6.95. The van der Waals surface area contributed by atoms with Gasteiger partial charge in [0, 0.05) is 0 Å². The summed E-state index contributed by atoms with van der Waals surface area (Å²) >= 11 is 0. The van der Waals surface area contributed by atoms with E-state index in [0.717, 1.165) is 5.92 Å². The molecule has 0 bridgehead atoms. The van der Waals surface area contributed by atoms with E-state index >= 15 is 0 Å². The summed E-state index contributed by atoms with van der Waals surface area (Å²) in [5, 5.41) is 3.43. The maximum absolute atomic E-state index is 3.43. The number of nitrogens with zero attached hydrogens (tertiary/aromatic N) is 1. The topological polar surface area (TPSA) is 15.3 Å². The van der Waals surface area contributed by atoms with Gasteiger partial charge in [-0.25, -0.2) is 0 Å². The lowest BCUT2D eigenvalue weighted by Gasteiger charge is -2.24. The highest BCUT2D eigenvalue weighted by Gasteiger charge is 2.12. The second-order valence-corrected chi connectivity index (χ2v) is 4.77. The first kappa shape index (κ1) is 13.0. The molecule has 1 fully saturated rings. The van der Waals surface area contributed by atoms with Crippen LogP contribution in [0.25, 0.3) is 0 Å². The Kier molecular flexibility index (Phi) is 7.03. The molecule has 1 saturated heterocycles. The van der Waals surface area contributed by atoms with Crippen LogP contribution in [0.1, 0.15) is 46.0 Å². The normalized spacial score (nSPS) is 18.6. The minimum absolute atomic E-state index is 1.01. The van der Waals surface area contributed by atoms with Crippen LogP contribution >= 0.6 is 0 Å². The molecule has 0 aromatic rings. The highest BCUT2D eigenvalue weighted by molar-refractivity contribution is 4.69. The van der Waals surface area contributed by atoms with Gasteiger partial charge in [-0.3, -0.25) is 0 Å². The smallest absolute Gasteiger partial charge is 0.00188 e. The van der Waals surface area contributed by atoms with Crippen molar-refractivity contribution in [3.05, 3.63) is 0 Å².